The van der Waals surface area contributed by atoms with Crippen molar-refractivity contribution in [2.75, 3.05) is 23.7 Å². The summed E-state index contributed by atoms with van der Waals surface area (Å²) in [6, 6.07) is 18.2. The first-order valence-electron chi connectivity index (χ1n) is 9.25. The molecule has 1 amide bonds. The molecule has 0 aliphatic carbocycles. The van der Waals surface area contributed by atoms with Gasteiger partial charge >= 0.3 is 0 Å². The number of nitrogens with one attached hydrogen (secondary N) is 2. The van der Waals surface area contributed by atoms with E-state index in [4.69, 9.17) is 11.6 Å². The highest BCUT2D eigenvalue weighted by Crippen LogP contribution is 2.25. The summed E-state index contributed by atoms with van der Waals surface area (Å²) in [7, 11) is -5.07. The van der Waals surface area contributed by atoms with Gasteiger partial charge in [-0.1, -0.05) is 35.9 Å². The molecule has 0 aliphatic rings. The zero-order valence-corrected chi connectivity index (χ0v) is 19.5. The molecular formula is C21H20ClN3O5S2. The van der Waals surface area contributed by atoms with Crippen LogP contribution in [-0.4, -0.2) is 36.8 Å². The largest absolute Gasteiger partial charge is 0.322 e. The van der Waals surface area contributed by atoms with Gasteiger partial charge in [-0.2, -0.15) is 0 Å². The van der Waals surface area contributed by atoms with Crippen molar-refractivity contribution in [3.05, 3.63) is 83.4 Å². The van der Waals surface area contributed by atoms with Crippen LogP contribution in [0.25, 0.3) is 0 Å². The fourth-order valence-electron chi connectivity index (χ4n) is 2.83. The maximum atomic E-state index is 13.0. The molecular weight excluding hydrogens is 474 g/mol. The van der Waals surface area contributed by atoms with E-state index >= 15 is 0 Å². The Labute approximate surface area is 191 Å². The Hall–Kier alpha value is -2.92. The first-order chi connectivity index (χ1) is 15.1. The van der Waals surface area contributed by atoms with Crippen LogP contribution < -0.4 is 14.3 Å². The van der Waals surface area contributed by atoms with Crippen molar-refractivity contribution in [1.29, 1.82) is 0 Å². The summed E-state index contributed by atoms with van der Waals surface area (Å²) < 4.78 is 53.5. The van der Waals surface area contributed by atoms with E-state index in [1.807, 2.05) is 0 Å². The maximum absolute atomic E-state index is 13.0. The van der Waals surface area contributed by atoms with Crippen LogP contribution in [0.1, 0.15) is 10.4 Å². The molecule has 0 aromatic heterocycles. The fourth-order valence-corrected chi connectivity index (χ4v) is 5.32. The smallest absolute Gasteiger partial charge is 0.264 e. The Kier molecular flexibility index (Phi) is 6.89. The van der Waals surface area contributed by atoms with Crippen molar-refractivity contribution < 1.29 is 21.6 Å². The minimum Gasteiger partial charge on any atom is -0.322 e. The zero-order chi connectivity index (χ0) is 23.5. The quantitative estimate of drug-likeness (QED) is 0.524. The number of hydrogen-bond donors (Lipinski definition) is 2. The average Bonchev–Trinajstić information content (AvgIpc) is 2.79. The molecule has 8 nitrogen and oxygen atoms in total. The number of carbonyl (C=O) groups is 1. The minimum atomic E-state index is -3.87. The molecule has 32 heavy (non-hydrogen) atoms. The molecule has 3 aromatic carbocycles. The minimum absolute atomic E-state index is 0.0174. The monoisotopic (exact) mass is 493 g/mol. The van der Waals surface area contributed by atoms with E-state index in [1.165, 1.54) is 50.5 Å². The molecule has 0 saturated carbocycles. The Morgan fingerprint density at radius 1 is 0.906 bits per heavy atom. The van der Waals surface area contributed by atoms with E-state index in [0.717, 1.165) is 10.4 Å². The summed E-state index contributed by atoms with van der Waals surface area (Å²) >= 11 is 5.95. The van der Waals surface area contributed by atoms with E-state index < -0.39 is 26.0 Å². The molecule has 0 fully saturated rings. The topological polar surface area (TPSA) is 113 Å². The second-order valence-electron chi connectivity index (χ2n) is 6.64. The number of nitrogens with zero attached hydrogens (tertiary/aromatic N) is 1. The molecule has 3 rings (SSSR count). The third kappa shape index (κ3) is 4.94. The van der Waals surface area contributed by atoms with Crippen molar-refractivity contribution in [3.8, 4) is 0 Å². The molecule has 0 atom stereocenters. The van der Waals surface area contributed by atoms with Gasteiger partial charge < -0.3 is 5.32 Å². The van der Waals surface area contributed by atoms with Crippen LogP contribution in [0.3, 0.4) is 0 Å². The van der Waals surface area contributed by atoms with Gasteiger partial charge in [0.1, 0.15) is 4.90 Å². The van der Waals surface area contributed by atoms with E-state index in [9.17, 15) is 21.6 Å². The number of anilines is 2. The Bertz CT molecular complexity index is 1360. The molecule has 0 spiro atoms. The number of amides is 1. The first kappa shape index (κ1) is 23.7. The predicted octanol–water partition coefficient (Wildman–Crippen LogP) is 3.33. The number of rotatable bonds is 7. The lowest BCUT2D eigenvalue weighted by Crippen LogP contribution is -2.26. The average molecular weight is 494 g/mol. The third-order valence-corrected chi connectivity index (χ3v) is 8.30. The SMILES string of the molecule is CNS(=O)(=O)c1cc(C(=O)Nc2cccc(S(=O)(=O)N(C)c3ccccc3)c2)ccc1Cl. The van der Waals surface area contributed by atoms with Gasteiger partial charge in [0.25, 0.3) is 15.9 Å². The number of sulfonamides is 2. The van der Waals surface area contributed by atoms with Crippen LogP contribution in [0.5, 0.6) is 0 Å². The Balaban J connectivity index is 1.88. The lowest BCUT2D eigenvalue weighted by molar-refractivity contribution is 0.102. The summed E-state index contributed by atoms with van der Waals surface area (Å²) in [4.78, 5) is 12.4. The van der Waals surface area contributed by atoms with Crippen LogP contribution in [0.2, 0.25) is 5.02 Å². The third-order valence-electron chi connectivity index (χ3n) is 4.62. The van der Waals surface area contributed by atoms with Crippen molar-refractivity contribution in [1.82, 2.24) is 4.72 Å². The highest BCUT2D eigenvalue weighted by atomic mass is 35.5. The highest BCUT2D eigenvalue weighted by molar-refractivity contribution is 7.92. The van der Waals surface area contributed by atoms with Gasteiger partial charge in [0.15, 0.2) is 0 Å². The number of hydrogen-bond acceptors (Lipinski definition) is 5. The zero-order valence-electron chi connectivity index (χ0n) is 17.1. The summed E-state index contributed by atoms with van der Waals surface area (Å²) in [6.45, 7) is 0. The number of benzene rings is 3. The van der Waals surface area contributed by atoms with Crippen LogP contribution >= 0.6 is 11.6 Å². The molecule has 0 radical (unpaired) electrons. The molecule has 2 N–H and O–H groups in total. The lowest BCUT2D eigenvalue weighted by atomic mass is 10.2. The Morgan fingerprint density at radius 2 is 1.59 bits per heavy atom. The molecule has 0 aliphatic heterocycles. The maximum Gasteiger partial charge on any atom is 0.264 e. The van der Waals surface area contributed by atoms with Crippen molar-refractivity contribution in [2.45, 2.75) is 9.79 Å². The van der Waals surface area contributed by atoms with Crippen LogP contribution in [0.15, 0.2) is 82.6 Å². The second kappa shape index (κ2) is 9.29. The summed E-state index contributed by atoms with van der Waals surface area (Å²) in [6.07, 6.45) is 0. The highest BCUT2D eigenvalue weighted by Gasteiger charge is 2.22. The van der Waals surface area contributed by atoms with Crippen LogP contribution in [-0.2, 0) is 20.0 Å². The normalized spacial score (nSPS) is 11.7. The lowest BCUT2D eigenvalue weighted by Gasteiger charge is -2.20. The second-order valence-corrected chi connectivity index (χ2v) is 10.9. The summed E-state index contributed by atoms with van der Waals surface area (Å²) in [5.41, 5.74) is 0.754. The summed E-state index contributed by atoms with van der Waals surface area (Å²) in [5.74, 6) is -0.625. The molecule has 0 unspecified atom stereocenters. The van der Waals surface area contributed by atoms with Crippen molar-refractivity contribution in [2.24, 2.45) is 0 Å². The van der Waals surface area contributed by atoms with Gasteiger partial charge in [0, 0.05) is 18.3 Å². The van der Waals surface area contributed by atoms with Gasteiger partial charge in [-0.15, -0.1) is 0 Å². The van der Waals surface area contributed by atoms with Crippen molar-refractivity contribution >= 4 is 48.9 Å². The molecule has 11 heteroatoms. The number of carbonyl (C=O) groups excluding carboxylic acids is 1. The molecule has 0 saturated heterocycles. The first-order valence-corrected chi connectivity index (χ1v) is 12.5. The van der Waals surface area contributed by atoms with Crippen LogP contribution in [0, 0.1) is 0 Å². The van der Waals surface area contributed by atoms with E-state index in [0.29, 0.717) is 5.69 Å². The van der Waals surface area contributed by atoms with Gasteiger partial charge in [0.05, 0.1) is 15.6 Å². The molecule has 0 bridgehead atoms. The van der Waals surface area contributed by atoms with Gasteiger partial charge in [-0.3, -0.25) is 9.10 Å². The molecule has 168 valence electrons. The predicted molar refractivity (Wildman–Crippen MR) is 124 cm³/mol. The molecule has 0 heterocycles. The van der Waals surface area contributed by atoms with Crippen LogP contribution in [0.4, 0.5) is 11.4 Å². The standard InChI is InChI=1S/C21H20ClN3O5S2/c1-23-31(27,28)20-13-15(11-12-19(20)22)21(26)24-16-7-6-10-18(14-16)32(29,30)25(2)17-8-4-3-5-9-17/h3-14,23H,1-2H3,(H,24,26). The Morgan fingerprint density at radius 3 is 2.25 bits per heavy atom. The van der Waals surface area contributed by atoms with E-state index in [1.54, 1.807) is 30.3 Å². The van der Waals surface area contributed by atoms with Gasteiger partial charge in [-0.25, -0.2) is 21.6 Å². The molecule has 3 aromatic rings. The summed E-state index contributed by atoms with van der Waals surface area (Å²) in [5, 5.41) is 2.55. The van der Waals surface area contributed by atoms with E-state index in [-0.39, 0.29) is 26.1 Å². The van der Waals surface area contributed by atoms with Gasteiger partial charge in [-0.05, 0) is 55.6 Å². The van der Waals surface area contributed by atoms with Gasteiger partial charge in [0.2, 0.25) is 10.0 Å². The fraction of sp³-hybridized carbons (Fsp3) is 0.0952. The van der Waals surface area contributed by atoms with Crippen molar-refractivity contribution in [3.63, 3.8) is 0 Å². The number of halogens is 1. The van der Waals surface area contributed by atoms with E-state index in [2.05, 4.69) is 10.0 Å². The number of para-hydroxylation sites is 1.